The minimum absolute atomic E-state index is 0.0217. The molecule has 0 saturated heterocycles. The van der Waals surface area contributed by atoms with Crippen LogP contribution in [0.5, 0.6) is 0 Å². The lowest BCUT2D eigenvalue weighted by atomic mass is 10.0. The van der Waals surface area contributed by atoms with Crippen molar-refractivity contribution in [3.05, 3.63) is 65.5 Å². The molecule has 1 aliphatic rings. The third-order valence-corrected chi connectivity index (χ3v) is 4.59. The van der Waals surface area contributed by atoms with Crippen LogP contribution in [0.1, 0.15) is 34.5 Å². The van der Waals surface area contributed by atoms with Crippen molar-refractivity contribution < 1.29 is 4.79 Å². The summed E-state index contributed by atoms with van der Waals surface area (Å²) in [5.74, 6) is -0.0217. The highest BCUT2D eigenvalue weighted by Crippen LogP contribution is 2.39. The molecule has 4 nitrogen and oxygen atoms in total. The molecule has 0 radical (unpaired) electrons. The molecule has 0 atom stereocenters. The van der Waals surface area contributed by atoms with Crippen molar-refractivity contribution in [2.75, 3.05) is 0 Å². The minimum Gasteiger partial charge on any atom is -0.346 e. The number of benzene rings is 1. The first kappa shape index (κ1) is 14.0. The normalized spacial score (nSPS) is 15.5. The Balaban J connectivity index is 1.55. The van der Waals surface area contributed by atoms with Gasteiger partial charge in [0.25, 0.3) is 5.91 Å². The fourth-order valence-electron chi connectivity index (χ4n) is 3.10. The Morgan fingerprint density at radius 2 is 2.04 bits per heavy atom. The van der Waals surface area contributed by atoms with Crippen LogP contribution in [0.25, 0.3) is 11.0 Å². The molecule has 2 heterocycles. The number of pyridine rings is 1. The SMILES string of the molecule is Cc1nc2[nH]ccc2cc1C(=O)NC1(Cc2ccccc2)CC1. The van der Waals surface area contributed by atoms with Gasteiger partial charge in [0, 0.05) is 17.1 Å². The summed E-state index contributed by atoms with van der Waals surface area (Å²) in [6, 6.07) is 14.2. The van der Waals surface area contributed by atoms with Crippen molar-refractivity contribution in [1.29, 1.82) is 0 Å². The number of H-pyrrole nitrogens is 1. The van der Waals surface area contributed by atoms with Crippen molar-refractivity contribution in [1.82, 2.24) is 15.3 Å². The molecule has 2 aromatic heterocycles. The molecule has 0 aliphatic heterocycles. The van der Waals surface area contributed by atoms with Crippen molar-refractivity contribution >= 4 is 16.9 Å². The Morgan fingerprint density at radius 3 is 2.78 bits per heavy atom. The number of rotatable bonds is 4. The number of amides is 1. The zero-order chi connectivity index (χ0) is 15.9. The fraction of sp³-hybridized carbons (Fsp3) is 0.263. The van der Waals surface area contributed by atoms with Gasteiger partial charge in [0.1, 0.15) is 5.65 Å². The Kier molecular flexibility index (Phi) is 3.18. The van der Waals surface area contributed by atoms with Crippen molar-refractivity contribution in [3.8, 4) is 0 Å². The summed E-state index contributed by atoms with van der Waals surface area (Å²) in [7, 11) is 0. The van der Waals surface area contributed by atoms with Gasteiger partial charge in [-0.25, -0.2) is 4.98 Å². The summed E-state index contributed by atoms with van der Waals surface area (Å²) < 4.78 is 0. The lowest BCUT2D eigenvalue weighted by molar-refractivity contribution is 0.0930. The van der Waals surface area contributed by atoms with Crippen LogP contribution in [0.3, 0.4) is 0 Å². The van der Waals surface area contributed by atoms with E-state index in [9.17, 15) is 4.79 Å². The molecule has 0 bridgehead atoms. The van der Waals surface area contributed by atoms with Crippen LogP contribution in [0.15, 0.2) is 48.7 Å². The van der Waals surface area contributed by atoms with Gasteiger partial charge in [0.15, 0.2) is 0 Å². The lowest BCUT2D eigenvalue weighted by Gasteiger charge is -2.18. The van der Waals surface area contributed by atoms with Crippen LogP contribution in [0, 0.1) is 6.92 Å². The molecule has 0 spiro atoms. The minimum atomic E-state index is -0.0853. The summed E-state index contributed by atoms with van der Waals surface area (Å²) in [4.78, 5) is 20.3. The van der Waals surface area contributed by atoms with Crippen LogP contribution in [-0.4, -0.2) is 21.4 Å². The van der Waals surface area contributed by atoms with Crippen molar-refractivity contribution in [2.45, 2.75) is 31.7 Å². The first-order valence-corrected chi connectivity index (χ1v) is 7.96. The molecule has 1 fully saturated rings. The summed E-state index contributed by atoms with van der Waals surface area (Å²) >= 11 is 0. The molecule has 1 aliphatic carbocycles. The Bertz CT molecular complexity index is 863. The molecule has 4 rings (SSSR count). The number of nitrogens with one attached hydrogen (secondary N) is 2. The van der Waals surface area contributed by atoms with Crippen molar-refractivity contribution in [2.24, 2.45) is 0 Å². The van der Waals surface area contributed by atoms with E-state index in [-0.39, 0.29) is 11.4 Å². The number of aromatic nitrogens is 2. The van der Waals surface area contributed by atoms with Crippen LogP contribution in [0.4, 0.5) is 0 Å². The van der Waals surface area contributed by atoms with E-state index in [1.165, 1.54) is 5.56 Å². The van der Waals surface area contributed by atoms with E-state index in [0.29, 0.717) is 5.56 Å². The third-order valence-electron chi connectivity index (χ3n) is 4.59. The Hall–Kier alpha value is -2.62. The van der Waals surface area contributed by atoms with Gasteiger partial charge in [-0.2, -0.15) is 0 Å². The van der Waals surface area contributed by atoms with Gasteiger partial charge in [0.05, 0.1) is 11.3 Å². The average Bonchev–Trinajstić information content (AvgIpc) is 3.13. The molecule has 1 amide bonds. The maximum absolute atomic E-state index is 12.7. The maximum atomic E-state index is 12.7. The predicted molar refractivity (Wildman–Crippen MR) is 90.4 cm³/mol. The number of nitrogens with zero attached hydrogens (tertiary/aromatic N) is 1. The number of carbonyl (C=O) groups is 1. The molecule has 2 N–H and O–H groups in total. The molecular formula is C19H19N3O. The molecular weight excluding hydrogens is 286 g/mol. The number of aryl methyl sites for hydroxylation is 1. The monoisotopic (exact) mass is 305 g/mol. The number of aromatic amines is 1. The van der Waals surface area contributed by atoms with E-state index in [0.717, 1.165) is 36.0 Å². The fourth-order valence-corrected chi connectivity index (χ4v) is 3.10. The second-order valence-electron chi connectivity index (χ2n) is 6.43. The lowest BCUT2D eigenvalue weighted by Crippen LogP contribution is -2.38. The Labute approximate surface area is 134 Å². The number of hydrogen-bond donors (Lipinski definition) is 2. The second-order valence-corrected chi connectivity index (χ2v) is 6.43. The van der Waals surface area contributed by atoms with E-state index in [1.54, 1.807) is 0 Å². The first-order chi connectivity index (χ1) is 11.2. The summed E-state index contributed by atoms with van der Waals surface area (Å²) in [6.45, 7) is 1.88. The summed E-state index contributed by atoms with van der Waals surface area (Å²) in [6.07, 6.45) is 4.80. The molecule has 23 heavy (non-hydrogen) atoms. The summed E-state index contributed by atoms with van der Waals surface area (Å²) in [5.41, 5.74) is 3.42. The third kappa shape index (κ3) is 2.72. The second kappa shape index (κ2) is 5.23. The molecule has 0 unspecified atom stereocenters. The van der Waals surface area contributed by atoms with Gasteiger partial charge in [-0.3, -0.25) is 4.79 Å². The van der Waals surface area contributed by atoms with E-state index in [2.05, 4.69) is 27.4 Å². The summed E-state index contributed by atoms with van der Waals surface area (Å²) in [5, 5.41) is 4.21. The molecule has 1 saturated carbocycles. The molecule has 116 valence electrons. The van der Waals surface area contributed by atoms with Gasteiger partial charge >= 0.3 is 0 Å². The topological polar surface area (TPSA) is 57.8 Å². The quantitative estimate of drug-likeness (QED) is 0.776. The van der Waals surface area contributed by atoms with Crippen LogP contribution >= 0.6 is 0 Å². The smallest absolute Gasteiger partial charge is 0.253 e. The van der Waals surface area contributed by atoms with Crippen LogP contribution in [-0.2, 0) is 6.42 Å². The zero-order valence-corrected chi connectivity index (χ0v) is 13.1. The highest BCUT2D eigenvalue weighted by atomic mass is 16.1. The van der Waals surface area contributed by atoms with Crippen molar-refractivity contribution in [3.63, 3.8) is 0 Å². The van der Waals surface area contributed by atoms with Crippen LogP contribution in [0.2, 0.25) is 0 Å². The van der Waals surface area contributed by atoms with Gasteiger partial charge in [-0.15, -0.1) is 0 Å². The average molecular weight is 305 g/mol. The zero-order valence-electron chi connectivity index (χ0n) is 13.1. The van der Waals surface area contributed by atoms with E-state index >= 15 is 0 Å². The first-order valence-electron chi connectivity index (χ1n) is 7.96. The van der Waals surface area contributed by atoms with Crippen LogP contribution < -0.4 is 5.32 Å². The van der Waals surface area contributed by atoms with E-state index in [4.69, 9.17) is 0 Å². The van der Waals surface area contributed by atoms with Gasteiger partial charge < -0.3 is 10.3 Å². The number of hydrogen-bond acceptors (Lipinski definition) is 2. The standard InChI is InChI=1S/C19H19N3O/c1-13-16(11-15-7-10-20-17(15)21-13)18(23)22-19(8-9-19)12-14-5-3-2-4-6-14/h2-7,10-11H,8-9,12H2,1H3,(H,20,21)(H,22,23). The molecule has 1 aromatic carbocycles. The van der Waals surface area contributed by atoms with E-state index < -0.39 is 0 Å². The highest BCUT2D eigenvalue weighted by Gasteiger charge is 2.44. The number of fused-ring (bicyclic) bond motifs is 1. The molecule has 3 aromatic rings. The highest BCUT2D eigenvalue weighted by molar-refractivity contribution is 5.98. The predicted octanol–water partition coefficient (Wildman–Crippen LogP) is 3.38. The maximum Gasteiger partial charge on any atom is 0.253 e. The molecule has 4 heteroatoms. The van der Waals surface area contributed by atoms with Gasteiger partial charge in [-0.05, 0) is 43.9 Å². The van der Waals surface area contributed by atoms with Gasteiger partial charge in [-0.1, -0.05) is 30.3 Å². The Morgan fingerprint density at radius 1 is 1.26 bits per heavy atom. The largest absolute Gasteiger partial charge is 0.346 e. The van der Waals surface area contributed by atoms with Gasteiger partial charge in [0.2, 0.25) is 0 Å². The van der Waals surface area contributed by atoms with E-state index in [1.807, 2.05) is 43.5 Å². The number of carbonyl (C=O) groups excluding carboxylic acids is 1.